The van der Waals surface area contributed by atoms with E-state index in [9.17, 15) is 10.1 Å². The van der Waals surface area contributed by atoms with Crippen molar-refractivity contribution in [1.29, 1.82) is 0 Å². The molecule has 0 bridgehead atoms. The van der Waals surface area contributed by atoms with E-state index in [1.807, 2.05) is 12.1 Å². The van der Waals surface area contributed by atoms with Gasteiger partial charge in [-0.2, -0.15) is 0 Å². The van der Waals surface area contributed by atoms with Crippen molar-refractivity contribution in [2.75, 3.05) is 5.73 Å². The molecule has 2 rings (SSSR count). The fourth-order valence-electron chi connectivity index (χ4n) is 1.38. The van der Waals surface area contributed by atoms with Crippen LogP contribution in [0.4, 0.5) is 11.5 Å². The summed E-state index contributed by atoms with van der Waals surface area (Å²) in [6.07, 6.45) is 1.21. The normalized spacial score (nSPS) is 10.4. The van der Waals surface area contributed by atoms with Crippen LogP contribution in [0.15, 0.2) is 35.6 Å². The first-order valence-corrected chi connectivity index (χ1v) is 6.56. The summed E-state index contributed by atoms with van der Waals surface area (Å²) in [6.45, 7) is 0. The first-order chi connectivity index (χ1) is 9.08. The predicted molar refractivity (Wildman–Crippen MR) is 74.1 cm³/mol. The molecule has 0 saturated carbocycles. The largest absolute Gasteiger partial charge is 0.378 e. The van der Waals surface area contributed by atoms with E-state index in [-0.39, 0.29) is 16.5 Å². The first kappa shape index (κ1) is 13.6. The van der Waals surface area contributed by atoms with E-state index >= 15 is 0 Å². The molecule has 6 nitrogen and oxygen atoms in total. The molecular formula is C11H9ClN4O2S. The van der Waals surface area contributed by atoms with Crippen LogP contribution in [0.2, 0.25) is 5.02 Å². The molecular weight excluding hydrogens is 288 g/mol. The first-order valence-electron chi connectivity index (χ1n) is 5.20. The number of hydrogen-bond acceptors (Lipinski definition) is 6. The van der Waals surface area contributed by atoms with Crippen molar-refractivity contribution in [2.45, 2.75) is 10.8 Å². The van der Waals surface area contributed by atoms with Crippen molar-refractivity contribution < 1.29 is 4.92 Å². The van der Waals surface area contributed by atoms with Crippen LogP contribution < -0.4 is 5.73 Å². The smallest absolute Gasteiger partial charge is 0.343 e. The summed E-state index contributed by atoms with van der Waals surface area (Å²) in [5, 5.41) is 11.8. The number of benzene rings is 1. The van der Waals surface area contributed by atoms with Gasteiger partial charge in [0.2, 0.25) is 5.82 Å². The van der Waals surface area contributed by atoms with Gasteiger partial charge in [-0.3, -0.25) is 10.1 Å². The van der Waals surface area contributed by atoms with Crippen molar-refractivity contribution in [3.05, 3.63) is 51.3 Å². The lowest BCUT2D eigenvalue weighted by molar-refractivity contribution is -0.387. The molecule has 19 heavy (non-hydrogen) atoms. The number of halogens is 1. The minimum absolute atomic E-state index is 0.126. The topological polar surface area (TPSA) is 94.9 Å². The maximum atomic E-state index is 10.9. The monoisotopic (exact) mass is 296 g/mol. The molecule has 0 spiro atoms. The highest BCUT2D eigenvalue weighted by molar-refractivity contribution is 7.98. The highest BCUT2D eigenvalue weighted by Crippen LogP contribution is 2.32. The number of aromatic nitrogens is 2. The second-order valence-corrected chi connectivity index (χ2v) is 4.99. The lowest BCUT2D eigenvalue weighted by Crippen LogP contribution is -2.01. The molecule has 0 fully saturated rings. The van der Waals surface area contributed by atoms with Gasteiger partial charge >= 0.3 is 5.69 Å². The number of hydrogen-bond donors (Lipinski definition) is 1. The van der Waals surface area contributed by atoms with Gasteiger partial charge in [0, 0.05) is 10.8 Å². The van der Waals surface area contributed by atoms with Crippen molar-refractivity contribution in [1.82, 2.24) is 9.97 Å². The molecule has 2 aromatic rings. The Morgan fingerprint density at radius 2 is 2.00 bits per heavy atom. The van der Waals surface area contributed by atoms with E-state index in [0.29, 0.717) is 10.8 Å². The zero-order valence-electron chi connectivity index (χ0n) is 9.62. The van der Waals surface area contributed by atoms with Crippen molar-refractivity contribution in [2.24, 2.45) is 0 Å². The van der Waals surface area contributed by atoms with Gasteiger partial charge in [0.25, 0.3) is 0 Å². The molecule has 0 unspecified atom stereocenters. The van der Waals surface area contributed by atoms with Gasteiger partial charge in [0.1, 0.15) is 6.33 Å². The Morgan fingerprint density at radius 1 is 1.32 bits per heavy atom. The summed E-state index contributed by atoms with van der Waals surface area (Å²) in [5.41, 5.74) is 6.23. The molecule has 98 valence electrons. The van der Waals surface area contributed by atoms with Gasteiger partial charge in [-0.25, -0.2) is 9.97 Å². The Bertz CT molecular complexity index is 606. The van der Waals surface area contributed by atoms with E-state index in [1.54, 1.807) is 12.1 Å². The summed E-state index contributed by atoms with van der Waals surface area (Å²) in [6, 6.07) is 7.23. The van der Waals surface area contributed by atoms with E-state index in [4.69, 9.17) is 17.3 Å². The highest BCUT2D eigenvalue weighted by Gasteiger charge is 2.20. The quantitative estimate of drug-likeness (QED) is 0.403. The van der Waals surface area contributed by atoms with E-state index < -0.39 is 4.92 Å². The number of nitrogen functional groups attached to an aromatic ring is 1. The maximum absolute atomic E-state index is 10.9. The molecule has 0 radical (unpaired) electrons. The van der Waals surface area contributed by atoms with Gasteiger partial charge in [-0.05, 0) is 17.7 Å². The molecule has 2 N–H and O–H groups in total. The lowest BCUT2D eigenvalue weighted by atomic mass is 10.2. The summed E-state index contributed by atoms with van der Waals surface area (Å²) in [7, 11) is 0. The zero-order valence-corrected chi connectivity index (χ0v) is 11.2. The van der Waals surface area contributed by atoms with E-state index in [2.05, 4.69) is 9.97 Å². The van der Waals surface area contributed by atoms with Crippen molar-refractivity contribution in [3.8, 4) is 0 Å². The second-order valence-electron chi connectivity index (χ2n) is 3.58. The van der Waals surface area contributed by atoms with Crippen LogP contribution in [0.1, 0.15) is 5.56 Å². The van der Waals surface area contributed by atoms with Crippen molar-refractivity contribution in [3.63, 3.8) is 0 Å². The van der Waals surface area contributed by atoms with Crippen molar-refractivity contribution >= 4 is 34.9 Å². The van der Waals surface area contributed by atoms with E-state index in [0.717, 1.165) is 5.56 Å². The van der Waals surface area contributed by atoms with Crippen LogP contribution >= 0.6 is 23.4 Å². The number of nitrogens with two attached hydrogens (primary N) is 1. The number of nitro groups is 1. The molecule has 0 saturated heterocycles. The number of thioether (sulfide) groups is 1. The Hall–Kier alpha value is -1.86. The number of anilines is 1. The minimum Gasteiger partial charge on any atom is -0.378 e. The zero-order chi connectivity index (χ0) is 13.8. The van der Waals surface area contributed by atoms with E-state index in [1.165, 1.54) is 18.1 Å². The lowest BCUT2D eigenvalue weighted by Gasteiger charge is -2.03. The van der Waals surface area contributed by atoms with Crippen LogP contribution in [0.25, 0.3) is 0 Å². The summed E-state index contributed by atoms with van der Waals surface area (Å²) >= 11 is 7.02. The third-order valence-corrected chi connectivity index (χ3v) is 3.59. The highest BCUT2D eigenvalue weighted by atomic mass is 35.5. The SMILES string of the molecule is Nc1ncnc(SCc2ccc(Cl)cc2)c1[N+](=O)[O-]. The van der Waals surface area contributed by atoms with Gasteiger partial charge in [-0.15, -0.1) is 0 Å². The predicted octanol–water partition coefficient (Wildman–Crippen LogP) is 2.91. The second kappa shape index (κ2) is 5.85. The molecule has 0 atom stereocenters. The molecule has 0 aliphatic heterocycles. The van der Waals surface area contributed by atoms with Crippen LogP contribution in [-0.4, -0.2) is 14.9 Å². The van der Waals surface area contributed by atoms with Gasteiger partial charge < -0.3 is 5.73 Å². The fraction of sp³-hybridized carbons (Fsp3) is 0.0909. The molecule has 0 amide bonds. The van der Waals surface area contributed by atoms with Gasteiger partial charge in [0.15, 0.2) is 5.03 Å². The summed E-state index contributed by atoms with van der Waals surface area (Å²) in [5.74, 6) is 0.410. The average Bonchev–Trinajstić information content (AvgIpc) is 2.37. The van der Waals surface area contributed by atoms with Gasteiger partial charge in [0.05, 0.1) is 4.92 Å². The molecule has 1 heterocycles. The third kappa shape index (κ3) is 3.33. The fourth-order valence-corrected chi connectivity index (χ4v) is 2.44. The van der Waals surface area contributed by atoms with Crippen LogP contribution in [0.5, 0.6) is 0 Å². The standard InChI is InChI=1S/C11H9ClN4O2S/c12-8-3-1-7(2-4-8)5-19-11-9(16(17)18)10(13)14-6-15-11/h1-4,6H,5H2,(H2,13,14,15). The maximum Gasteiger partial charge on any atom is 0.343 e. The molecule has 1 aromatic heterocycles. The number of nitrogens with zero attached hydrogens (tertiary/aromatic N) is 3. The molecule has 1 aromatic carbocycles. The summed E-state index contributed by atoms with van der Waals surface area (Å²) < 4.78 is 0. The molecule has 8 heteroatoms. The number of rotatable bonds is 4. The Balaban J connectivity index is 2.18. The third-order valence-electron chi connectivity index (χ3n) is 2.29. The van der Waals surface area contributed by atoms with Crippen LogP contribution in [-0.2, 0) is 5.75 Å². The van der Waals surface area contributed by atoms with Crippen LogP contribution in [0.3, 0.4) is 0 Å². The molecule has 0 aliphatic rings. The summed E-state index contributed by atoms with van der Waals surface area (Å²) in [4.78, 5) is 17.9. The van der Waals surface area contributed by atoms with Crippen LogP contribution in [0, 0.1) is 10.1 Å². The van der Waals surface area contributed by atoms with Gasteiger partial charge in [-0.1, -0.05) is 35.5 Å². The Labute approximate surface area is 118 Å². The average molecular weight is 297 g/mol. The Kier molecular flexibility index (Phi) is 4.18. The Morgan fingerprint density at radius 3 is 2.63 bits per heavy atom. The minimum atomic E-state index is -0.570. The molecule has 0 aliphatic carbocycles.